The zero-order valence-corrected chi connectivity index (χ0v) is 9.63. The number of benzene rings is 1. The lowest BCUT2D eigenvalue weighted by Gasteiger charge is -1.98. The van der Waals surface area contributed by atoms with E-state index in [1.807, 2.05) is 13.8 Å². The first-order chi connectivity index (χ1) is 6.81. The number of halogens is 1. The molecule has 0 unspecified atom stereocenters. The predicted octanol–water partition coefficient (Wildman–Crippen LogP) is 3.02. The van der Waals surface area contributed by atoms with Gasteiger partial charge in [0, 0.05) is 10.0 Å². The monoisotopic (exact) mass is 258 g/mol. The third kappa shape index (κ3) is 2.07. The maximum Gasteiger partial charge on any atom is 0.231 e. The van der Waals surface area contributed by atoms with E-state index in [2.05, 4.69) is 15.9 Å². The van der Waals surface area contributed by atoms with E-state index >= 15 is 0 Å². The van der Waals surface area contributed by atoms with Crippen molar-refractivity contribution < 1.29 is 14.3 Å². The lowest BCUT2D eigenvalue weighted by atomic mass is 10.2. The Morgan fingerprint density at radius 1 is 1.29 bits per heavy atom. The molecule has 1 aliphatic rings. The molecule has 0 aliphatic carbocycles. The molecule has 1 aromatic rings. The number of rotatable bonds is 1. The average molecular weight is 259 g/mol. The second-order valence-electron chi connectivity index (χ2n) is 2.34. The van der Waals surface area contributed by atoms with Crippen LogP contribution in [0.2, 0.25) is 0 Å². The second kappa shape index (κ2) is 5.00. The van der Waals surface area contributed by atoms with E-state index in [0.29, 0.717) is 17.1 Å². The van der Waals surface area contributed by atoms with E-state index in [4.69, 9.17) is 9.47 Å². The Morgan fingerprint density at radius 2 is 1.86 bits per heavy atom. The fourth-order valence-electron chi connectivity index (χ4n) is 1.02. The van der Waals surface area contributed by atoms with E-state index in [9.17, 15) is 4.79 Å². The van der Waals surface area contributed by atoms with Gasteiger partial charge in [-0.2, -0.15) is 0 Å². The van der Waals surface area contributed by atoms with Crippen molar-refractivity contribution in [2.75, 3.05) is 6.79 Å². The number of carbonyl (C=O) groups is 1. The van der Waals surface area contributed by atoms with Gasteiger partial charge in [0.2, 0.25) is 6.79 Å². The van der Waals surface area contributed by atoms with Gasteiger partial charge in [-0.05, 0) is 28.1 Å². The number of aldehydes is 1. The van der Waals surface area contributed by atoms with E-state index in [-0.39, 0.29) is 6.79 Å². The Bertz CT molecular complexity index is 336. The Kier molecular flexibility index (Phi) is 3.95. The van der Waals surface area contributed by atoms with E-state index in [1.54, 1.807) is 12.1 Å². The minimum Gasteiger partial charge on any atom is -0.454 e. The van der Waals surface area contributed by atoms with Gasteiger partial charge in [-0.1, -0.05) is 13.8 Å². The molecule has 76 valence electrons. The van der Waals surface area contributed by atoms with Crippen molar-refractivity contribution in [1.29, 1.82) is 0 Å². The molecule has 1 aromatic carbocycles. The third-order valence-electron chi connectivity index (χ3n) is 1.62. The Morgan fingerprint density at radius 3 is 2.43 bits per heavy atom. The number of hydrogen-bond donors (Lipinski definition) is 0. The number of hydrogen-bond acceptors (Lipinski definition) is 3. The molecule has 14 heavy (non-hydrogen) atoms. The van der Waals surface area contributed by atoms with Gasteiger partial charge in [0.15, 0.2) is 17.8 Å². The molecular weight excluding hydrogens is 248 g/mol. The first kappa shape index (κ1) is 11.0. The predicted molar refractivity (Wildman–Crippen MR) is 57.0 cm³/mol. The van der Waals surface area contributed by atoms with Crippen molar-refractivity contribution in [3.63, 3.8) is 0 Å². The van der Waals surface area contributed by atoms with Crippen LogP contribution < -0.4 is 9.47 Å². The molecule has 0 N–H and O–H groups in total. The van der Waals surface area contributed by atoms with Crippen LogP contribution >= 0.6 is 15.9 Å². The van der Waals surface area contributed by atoms with Crippen molar-refractivity contribution in [1.82, 2.24) is 0 Å². The molecule has 0 radical (unpaired) electrons. The van der Waals surface area contributed by atoms with Crippen LogP contribution in [0.4, 0.5) is 0 Å². The van der Waals surface area contributed by atoms with Gasteiger partial charge in [-0.25, -0.2) is 0 Å². The van der Waals surface area contributed by atoms with E-state index in [0.717, 1.165) is 10.8 Å². The maximum atomic E-state index is 10.5. The molecule has 3 nitrogen and oxygen atoms in total. The molecule has 2 rings (SSSR count). The largest absolute Gasteiger partial charge is 0.454 e. The summed E-state index contributed by atoms with van der Waals surface area (Å²) in [6, 6.07) is 3.38. The minimum absolute atomic E-state index is 0.226. The lowest BCUT2D eigenvalue weighted by molar-refractivity contribution is 0.112. The van der Waals surface area contributed by atoms with Crippen molar-refractivity contribution in [2.45, 2.75) is 13.8 Å². The summed E-state index contributed by atoms with van der Waals surface area (Å²) >= 11 is 3.24. The van der Waals surface area contributed by atoms with Crippen LogP contribution in [0.1, 0.15) is 24.2 Å². The summed E-state index contributed by atoms with van der Waals surface area (Å²) in [5.41, 5.74) is 0.569. The van der Waals surface area contributed by atoms with E-state index < -0.39 is 0 Å². The summed E-state index contributed by atoms with van der Waals surface area (Å²) in [5, 5.41) is 0. The van der Waals surface area contributed by atoms with Gasteiger partial charge in [-0.3, -0.25) is 4.79 Å². The van der Waals surface area contributed by atoms with Crippen molar-refractivity contribution in [3.05, 3.63) is 22.2 Å². The highest BCUT2D eigenvalue weighted by atomic mass is 79.9. The summed E-state index contributed by atoms with van der Waals surface area (Å²) in [6.07, 6.45) is 0.770. The van der Waals surface area contributed by atoms with Gasteiger partial charge in [-0.15, -0.1) is 0 Å². The van der Waals surface area contributed by atoms with Crippen LogP contribution in [0, 0.1) is 0 Å². The second-order valence-corrected chi connectivity index (χ2v) is 3.20. The van der Waals surface area contributed by atoms with Gasteiger partial charge in [0.05, 0.1) is 0 Å². The summed E-state index contributed by atoms with van der Waals surface area (Å²) in [6.45, 7) is 4.23. The molecule has 0 aromatic heterocycles. The van der Waals surface area contributed by atoms with Crippen LogP contribution in [0.25, 0.3) is 0 Å². The Hall–Kier alpha value is -1.03. The molecule has 0 saturated heterocycles. The molecule has 4 heteroatoms. The maximum absolute atomic E-state index is 10.5. The highest BCUT2D eigenvalue weighted by molar-refractivity contribution is 9.10. The van der Waals surface area contributed by atoms with Crippen LogP contribution in [0.5, 0.6) is 11.5 Å². The summed E-state index contributed by atoms with van der Waals surface area (Å²) in [4.78, 5) is 10.5. The van der Waals surface area contributed by atoms with Crippen molar-refractivity contribution in [3.8, 4) is 11.5 Å². The van der Waals surface area contributed by atoms with Crippen LogP contribution in [0.3, 0.4) is 0 Å². The first-order valence-corrected chi connectivity index (χ1v) is 5.15. The number of carbonyl (C=O) groups excluding carboxylic acids is 1. The number of ether oxygens (including phenoxy) is 2. The Balaban J connectivity index is 0.000000461. The SMILES string of the molecule is CC.O=Cc1cc2c(cc1Br)OCO2. The summed E-state index contributed by atoms with van der Waals surface area (Å²) in [5.74, 6) is 1.30. The van der Waals surface area contributed by atoms with Crippen LogP contribution in [-0.2, 0) is 0 Å². The summed E-state index contributed by atoms with van der Waals surface area (Å²) in [7, 11) is 0. The fraction of sp³-hybridized carbons (Fsp3) is 0.300. The average Bonchev–Trinajstić information content (AvgIpc) is 2.66. The van der Waals surface area contributed by atoms with Crippen LogP contribution in [0.15, 0.2) is 16.6 Å². The number of fused-ring (bicyclic) bond motifs is 1. The molecule has 0 fully saturated rings. The summed E-state index contributed by atoms with van der Waals surface area (Å²) < 4.78 is 10.9. The fourth-order valence-corrected chi connectivity index (χ4v) is 1.44. The van der Waals surface area contributed by atoms with Crippen molar-refractivity contribution in [2.24, 2.45) is 0 Å². The third-order valence-corrected chi connectivity index (χ3v) is 2.31. The molecule has 0 bridgehead atoms. The smallest absolute Gasteiger partial charge is 0.231 e. The zero-order chi connectivity index (χ0) is 10.6. The van der Waals surface area contributed by atoms with E-state index in [1.165, 1.54) is 0 Å². The van der Waals surface area contributed by atoms with Gasteiger partial charge in [0.1, 0.15) is 0 Å². The standard InChI is InChI=1S/C8H5BrO3.C2H6/c9-6-2-8-7(11-4-12-8)1-5(6)3-10;1-2/h1-3H,4H2;1-2H3. The Labute approximate surface area is 91.1 Å². The van der Waals surface area contributed by atoms with Gasteiger partial charge in [0.25, 0.3) is 0 Å². The molecular formula is C10H11BrO3. The van der Waals surface area contributed by atoms with Gasteiger partial charge < -0.3 is 9.47 Å². The van der Waals surface area contributed by atoms with Gasteiger partial charge >= 0.3 is 0 Å². The topological polar surface area (TPSA) is 35.5 Å². The minimum atomic E-state index is 0.226. The zero-order valence-electron chi connectivity index (χ0n) is 8.04. The molecule has 0 atom stereocenters. The normalized spacial score (nSPS) is 11.6. The van der Waals surface area contributed by atoms with Crippen LogP contribution in [-0.4, -0.2) is 13.1 Å². The highest BCUT2D eigenvalue weighted by Gasteiger charge is 2.15. The molecule has 1 heterocycles. The molecule has 1 aliphatic heterocycles. The molecule has 0 amide bonds. The first-order valence-electron chi connectivity index (χ1n) is 4.35. The lowest BCUT2D eigenvalue weighted by Crippen LogP contribution is -1.92. The molecule has 0 spiro atoms. The quantitative estimate of drug-likeness (QED) is 0.727. The highest BCUT2D eigenvalue weighted by Crippen LogP contribution is 2.36. The molecule has 0 saturated carbocycles. The van der Waals surface area contributed by atoms with Crippen molar-refractivity contribution >= 4 is 22.2 Å².